The van der Waals surface area contributed by atoms with Gasteiger partial charge >= 0.3 is 0 Å². The van der Waals surface area contributed by atoms with Gasteiger partial charge in [-0.25, -0.2) is 0 Å². The molecule has 0 radical (unpaired) electrons. The Bertz CT molecular complexity index is 1160. The molecule has 3 aromatic rings. The standard InChI is InChI=1S/C38H50N2/c1-5-9-29-39(30-10-6-2)37-25-21-35(22-26-37)19-17-33-13-15-34(16-14-33)18-20-36-23-27-38(28-24-36)40(31-11-7-3)32-12-8-4/h5,9,13-28H,6-8,10-12,29-32H2,1-4H3/b9-5+,19-17+,20-18+. The Hall–Kier alpha value is -3.52. The highest BCUT2D eigenvalue weighted by Gasteiger charge is 2.06. The molecule has 0 saturated carbocycles. The molecule has 0 fully saturated rings. The summed E-state index contributed by atoms with van der Waals surface area (Å²) in [7, 11) is 0. The number of benzene rings is 3. The number of allylic oxidation sites excluding steroid dienone is 1. The third kappa shape index (κ3) is 10.6. The van der Waals surface area contributed by atoms with Gasteiger partial charge in [0.05, 0.1) is 0 Å². The van der Waals surface area contributed by atoms with Crippen molar-refractivity contribution in [2.24, 2.45) is 0 Å². The maximum atomic E-state index is 2.54. The quantitative estimate of drug-likeness (QED) is 0.125. The van der Waals surface area contributed by atoms with Crippen molar-refractivity contribution in [3.05, 3.63) is 107 Å². The summed E-state index contributed by atoms with van der Waals surface area (Å²) in [6.07, 6.45) is 20.6. The smallest absolute Gasteiger partial charge is 0.0369 e. The van der Waals surface area contributed by atoms with Gasteiger partial charge in [0.2, 0.25) is 0 Å². The molecular formula is C38H50N2. The Morgan fingerprint density at radius 1 is 0.475 bits per heavy atom. The molecule has 0 aliphatic heterocycles. The molecular weight excluding hydrogens is 484 g/mol. The molecule has 2 nitrogen and oxygen atoms in total. The number of nitrogens with zero attached hydrogens (tertiary/aromatic N) is 2. The number of rotatable bonds is 17. The maximum Gasteiger partial charge on any atom is 0.0369 e. The number of hydrogen-bond donors (Lipinski definition) is 0. The SMILES string of the molecule is C/C=C/CN(CCCC)c1ccc(/C=C/c2ccc(/C=C/c3ccc(N(CCCC)CCCC)cc3)cc2)cc1. The van der Waals surface area contributed by atoms with E-state index >= 15 is 0 Å². The second-order valence-corrected chi connectivity index (χ2v) is 10.6. The van der Waals surface area contributed by atoms with Crippen LogP contribution < -0.4 is 9.80 Å². The van der Waals surface area contributed by atoms with Crippen LogP contribution in [0.25, 0.3) is 24.3 Å². The van der Waals surface area contributed by atoms with Crippen LogP contribution in [0.1, 0.15) is 88.5 Å². The van der Waals surface area contributed by atoms with Gasteiger partial charge in [-0.3, -0.25) is 0 Å². The molecule has 3 rings (SSSR count). The monoisotopic (exact) mass is 534 g/mol. The first-order valence-corrected chi connectivity index (χ1v) is 15.4. The van der Waals surface area contributed by atoms with Gasteiger partial charge in [-0.2, -0.15) is 0 Å². The molecule has 0 bridgehead atoms. The fraction of sp³-hybridized carbons (Fsp3) is 0.368. The molecule has 0 spiro atoms. The number of anilines is 2. The van der Waals surface area contributed by atoms with Crippen LogP contribution in [0, 0.1) is 0 Å². The molecule has 0 N–H and O–H groups in total. The van der Waals surface area contributed by atoms with Crippen molar-refractivity contribution >= 4 is 35.7 Å². The molecule has 0 amide bonds. The van der Waals surface area contributed by atoms with Gasteiger partial charge in [0.25, 0.3) is 0 Å². The van der Waals surface area contributed by atoms with Gasteiger partial charge in [0.15, 0.2) is 0 Å². The van der Waals surface area contributed by atoms with E-state index in [1.165, 1.54) is 72.2 Å². The summed E-state index contributed by atoms with van der Waals surface area (Å²) < 4.78 is 0. The van der Waals surface area contributed by atoms with Crippen LogP contribution in [0.2, 0.25) is 0 Å². The van der Waals surface area contributed by atoms with Crippen molar-refractivity contribution in [3.8, 4) is 0 Å². The summed E-state index contributed by atoms with van der Waals surface area (Å²) in [4.78, 5) is 4.99. The van der Waals surface area contributed by atoms with Gasteiger partial charge in [0, 0.05) is 37.6 Å². The van der Waals surface area contributed by atoms with Crippen LogP contribution in [0.4, 0.5) is 11.4 Å². The van der Waals surface area contributed by atoms with E-state index in [0.29, 0.717) is 0 Å². The Morgan fingerprint density at radius 2 is 0.800 bits per heavy atom. The molecule has 0 heterocycles. The highest BCUT2D eigenvalue weighted by Crippen LogP contribution is 2.20. The first kappa shape index (κ1) is 31.0. The molecule has 0 unspecified atom stereocenters. The number of unbranched alkanes of at least 4 members (excludes halogenated alkanes) is 3. The Balaban J connectivity index is 1.57. The zero-order chi connectivity index (χ0) is 28.4. The van der Waals surface area contributed by atoms with Crippen molar-refractivity contribution in [1.82, 2.24) is 0 Å². The molecule has 2 heteroatoms. The maximum absolute atomic E-state index is 2.54. The highest BCUT2D eigenvalue weighted by atomic mass is 15.1. The first-order chi connectivity index (χ1) is 19.7. The lowest BCUT2D eigenvalue weighted by Gasteiger charge is -2.24. The van der Waals surface area contributed by atoms with E-state index in [1.54, 1.807) is 0 Å². The van der Waals surface area contributed by atoms with E-state index in [4.69, 9.17) is 0 Å². The zero-order valence-electron chi connectivity index (χ0n) is 25.4. The Labute approximate surface area is 244 Å². The van der Waals surface area contributed by atoms with Crippen molar-refractivity contribution in [2.75, 3.05) is 36.0 Å². The Morgan fingerprint density at radius 3 is 1.15 bits per heavy atom. The van der Waals surface area contributed by atoms with Crippen molar-refractivity contribution in [1.29, 1.82) is 0 Å². The fourth-order valence-corrected chi connectivity index (χ4v) is 4.67. The summed E-state index contributed by atoms with van der Waals surface area (Å²) >= 11 is 0. The van der Waals surface area contributed by atoms with Crippen molar-refractivity contribution in [2.45, 2.75) is 66.2 Å². The first-order valence-electron chi connectivity index (χ1n) is 15.4. The third-order valence-electron chi connectivity index (χ3n) is 7.30. The second kappa shape index (κ2) is 17.9. The minimum absolute atomic E-state index is 0.967. The van der Waals surface area contributed by atoms with Gasteiger partial charge in [-0.1, -0.05) is 125 Å². The van der Waals surface area contributed by atoms with Gasteiger partial charge in [0.1, 0.15) is 0 Å². The fourth-order valence-electron chi connectivity index (χ4n) is 4.67. The largest absolute Gasteiger partial charge is 0.372 e. The molecule has 0 aliphatic carbocycles. The van der Waals surface area contributed by atoms with E-state index in [1.807, 2.05) is 0 Å². The number of hydrogen-bond acceptors (Lipinski definition) is 2. The summed E-state index contributed by atoms with van der Waals surface area (Å²) in [5, 5.41) is 0. The van der Waals surface area contributed by atoms with E-state index in [2.05, 4.69) is 147 Å². The van der Waals surface area contributed by atoms with Crippen molar-refractivity contribution in [3.63, 3.8) is 0 Å². The van der Waals surface area contributed by atoms with Gasteiger partial charge in [-0.15, -0.1) is 0 Å². The van der Waals surface area contributed by atoms with E-state index in [0.717, 1.165) is 26.2 Å². The minimum Gasteiger partial charge on any atom is -0.372 e. The second-order valence-electron chi connectivity index (χ2n) is 10.6. The lowest BCUT2D eigenvalue weighted by molar-refractivity contribution is 0.678. The summed E-state index contributed by atoms with van der Waals surface area (Å²) in [6.45, 7) is 13.2. The summed E-state index contributed by atoms with van der Waals surface area (Å²) in [6, 6.07) is 26.7. The molecule has 0 atom stereocenters. The van der Waals surface area contributed by atoms with Crippen molar-refractivity contribution < 1.29 is 0 Å². The average Bonchev–Trinajstić information content (AvgIpc) is 3.00. The van der Waals surface area contributed by atoms with Crippen LogP contribution >= 0.6 is 0 Å². The minimum atomic E-state index is 0.967. The van der Waals surface area contributed by atoms with Crippen LogP contribution in [0.5, 0.6) is 0 Å². The molecule has 212 valence electrons. The normalized spacial score (nSPS) is 11.7. The lowest BCUT2D eigenvalue weighted by Crippen LogP contribution is -2.25. The van der Waals surface area contributed by atoms with Crippen LogP contribution in [0.15, 0.2) is 84.9 Å². The third-order valence-corrected chi connectivity index (χ3v) is 7.30. The summed E-state index contributed by atoms with van der Waals surface area (Å²) in [5.74, 6) is 0. The van der Waals surface area contributed by atoms with E-state index in [-0.39, 0.29) is 0 Å². The van der Waals surface area contributed by atoms with Crippen LogP contribution in [0.3, 0.4) is 0 Å². The topological polar surface area (TPSA) is 6.48 Å². The zero-order valence-corrected chi connectivity index (χ0v) is 25.4. The Kier molecular flexibility index (Phi) is 13.9. The van der Waals surface area contributed by atoms with E-state index in [9.17, 15) is 0 Å². The predicted octanol–water partition coefficient (Wildman–Crippen LogP) is 10.6. The van der Waals surface area contributed by atoms with Gasteiger partial charge in [-0.05, 0) is 72.7 Å². The molecule has 3 aromatic carbocycles. The lowest BCUT2D eigenvalue weighted by atomic mass is 10.1. The predicted molar refractivity (Wildman–Crippen MR) is 181 cm³/mol. The van der Waals surface area contributed by atoms with Crippen LogP contribution in [-0.2, 0) is 0 Å². The molecule has 0 aromatic heterocycles. The van der Waals surface area contributed by atoms with Crippen LogP contribution in [-0.4, -0.2) is 26.2 Å². The van der Waals surface area contributed by atoms with E-state index < -0.39 is 0 Å². The molecule has 40 heavy (non-hydrogen) atoms. The van der Waals surface area contributed by atoms with Gasteiger partial charge < -0.3 is 9.80 Å². The molecule has 0 aliphatic rings. The summed E-state index contributed by atoms with van der Waals surface area (Å²) in [5.41, 5.74) is 7.52. The molecule has 0 saturated heterocycles. The highest BCUT2D eigenvalue weighted by molar-refractivity contribution is 5.74. The average molecular weight is 535 g/mol.